The topological polar surface area (TPSA) is 70.2 Å². The summed E-state index contributed by atoms with van der Waals surface area (Å²) in [6.07, 6.45) is 7.04. The maximum absolute atomic E-state index is 13.8. The highest BCUT2D eigenvalue weighted by Crippen LogP contribution is 2.38. The van der Waals surface area contributed by atoms with Crippen LogP contribution in [0.4, 0.5) is 4.39 Å². The van der Waals surface area contributed by atoms with E-state index in [1.54, 1.807) is 23.4 Å². The zero-order chi connectivity index (χ0) is 30.6. The molecule has 0 aliphatic carbocycles. The fraction of sp³-hybridized carbons (Fsp3) is 0.606. The molecule has 236 valence electrons. The lowest BCUT2D eigenvalue weighted by Crippen LogP contribution is -2.48. The van der Waals surface area contributed by atoms with Gasteiger partial charge in [0.1, 0.15) is 5.82 Å². The Morgan fingerprint density at radius 2 is 1.65 bits per heavy atom. The van der Waals surface area contributed by atoms with E-state index in [2.05, 4.69) is 4.90 Å². The average Bonchev–Trinajstić information content (AvgIpc) is 3.52. The van der Waals surface area contributed by atoms with Crippen molar-refractivity contribution < 1.29 is 22.3 Å². The highest BCUT2D eigenvalue weighted by atomic mass is 35.5. The molecule has 1 atom stereocenters. The van der Waals surface area contributed by atoms with Crippen LogP contribution in [0.2, 0.25) is 5.02 Å². The molecule has 0 spiro atoms. The fourth-order valence-corrected chi connectivity index (χ4v) is 9.18. The summed E-state index contributed by atoms with van der Waals surface area (Å²) in [7, 11) is -3.72. The van der Waals surface area contributed by atoms with Gasteiger partial charge < -0.3 is 14.5 Å². The van der Waals surface area contributed by atoms with Crippen molar-refractivity contribution in [3.8, 4) is 0 Å². The number of likely N-dealkylation sites (tertiary alicyclic amines) is 2. The van der Waals surface area contributed by atoms with Gasteiger partial charge in [0.2, 0.25) is 15.9 Å². The molecule has 0 N–H and O–H groups in total. The first-order chi connectivity index (χ1) is 20.6. The van der Waals surface area contributed by atoms with E-state index in [1.807, 2.05) is 24.0 Å². The van der Waals surface area contributed by atoms with E-state index in [4.69, 9.17) is 16.3 Å². The van der Waals surface area contributed by atoms with Crippen molar-refractivity contribution in [3.05, 3.63) is 63.9 Å². The molecule has 1 unspecified atom stereocenters. The normalized spacial score (nSPS) is 21.8. The molecule has 0 radical (unpaired) electrons. The number of nitrogens with zero attached hydrogens (tertiary/aromatic N) is 3. The second-order valence-corrected chi connectivity index (χ2v) is 14.7. The molecule has 5 rings (SSSR count). The van der Waals surface area contributed by atoms with Gasteiger partial charge in [-0.15, -0.1) is 0 Å². The van der Waals surface area contributed by atoms with Gasteiger partial charge in [-0.3, -0.25) is 4.79 Å². The van der Waals surface area contributed by atoms with Crippen molar-refractivity contribution in [2.24, 2.45) is 0 Å². The molecule has 2 aromatic rings. The highest BCUT2D eigenvalue weighted by Gasteiger charge is 2.39. The van der Waals surface area contributed by atoms with Crippen molar-refractivity contribution in [3.63, 3.8) is 0 Å². The zero-order valence-electron chi connectivity index (χ0n) is 25.5. The van der Waals surface area contributed by atoms with Crippen molar-refractivity contribution in [2.45, 2.75) is 88.2 Å². The number of aryl methyl sites for hydroxylation is 2. The largest absolute Gasteiger partial charge is 0.369 e. The first-order valence-electron chi connectivity index (χ1n) is 15.8. The van der Waals surface area contributed by atoms with Crippen LogP contribution in [0.1, 0.15) is 74.5 Å². The summed E-state index contributed by atoms with van der Waals surface area (Å²) in [6.45, 7) is 8.84. The second-order valence-electron chi connectivity index (χ2n) is 12.5. The van der Waals surface area contributed by atoms with Crippen LogP contribution in [0.25, 0.3) is 0 Å². The predicted molar refractivity (Wildman–Crippen MR) is 167 cm³/mol. The molecule has 2 aromatic carbocycles. The number of ether oxygens (including phenoxy) is 1. The standard InChI is InChI=1S/C33H45ClFN3O4S/c1-25-24-31(26(2)23-30(25)34)43(40,41)38-18-4-3-7-29(38)12-13-32(39)37-19-14-33(15-20-37,27-8-10-28(35)11-9-27)42-22-21-36-16-5-6-17-36/h8-11,23-24,29H,3-7,12-22H2,1-2H3. The number of hydrogen-bond donors (Lipinski definition) is 0. The molecular weight excluding hydrogens is 589 g/mol. The molecule has 7 nitrogen and oxygen atoms in total. The molecule has 3 fully saturated rings. The summed E-state index contributed by atoms with van der Waals surface area (Å²) in [5.41, 5.74) is 1.78. The average molecular weight is 634 g/mol. The van der Waals surface area contributed by atoms with Crippen LogP contribution in [0.5, 0.6) is 0 Å². The molecule has 3 saturated heterocycles. The molecule has 3 heterocycles. The van der Waals surface area contributed by atoms with E-state index in [9.17, 15) is 17.6 Å². The first-order valence-corrected chi connectivity index (χ1v) is 17.6. The van der Waals surface area contributed by atoms with E-state index in [0.29, 0.717) is 67.4 Å². The summed E-state index contributed by atoms with van der Waals surface area (Å²) in [6, 6.07) is 9.75. The summed E-state index contributed by atoms with van der Waals surface area (Å²) >= 11 is 6.24. The fourth-order valence-electron chi connectivity index (χ4n) is 6.95. The maximum Gasteiger partial charge on any atom is 0.243 e. The third-order valence-electron chi connectivity index (χ3n) is 9.59. The molecule has 43 heavy (non-hydrogen) atoms. The summed E-state index contributed by atoms with van der Waals surface area (Å²) < 4.78 is 49.5. The molecule has 0 saturated carbocycles. The quantitative estimate of drug-likeness (QED) is 0.319. The van der Waals surface area contributed by atoms with Gasteiger partial charge in [0.15, 0.2) is 0 Å². The van der Waals surface area contributed by atoms with Crippen LogP contribution in [0.15, 0.2) is 41.3 Å². The van der Waals surface area contributed by atoms with Crippen LogP contribution < -0.4 is 0 Å². The molecule has 3 aliphatic heterocycles. The number of benzene rings is 2. The smallest absolute Gasteiger partial charge is 0.243 e. The van der Waals surface area contributed by atoms with Gasteiger partial charge in [0.25, 0.3) is 0 Å². The van der Waals surface area contributed by atoms with Crippen LogP contribution in [0, 0.1) is 19.7 Å². The van der Waals surface area contributed by atoms with Crippen LogP contribution >= 0.6 is 11.6 Å². The number of sulfonamides is 1. The van der Waals surface area contributed by atoms with Crippen molar-refractivity contribution in [1.29, 1.82) is 0 Å². The van der Waals surface area contributed by atoms with E-state index in [-0.39, 0.29) is 17.8 Å². The SMILES string of the molecule is Cc1cc(S(=O)(=O)N2CCCCC2CCC(=O)N2CCC(OCCN3CCCC3)(c3ccc(F)cc3)CC2)c(C)cc1Cl. The second kappa shape index (κ2) is 13.9. The molecule has 1 amide bonds. The molecular formula is C33H45ClFN3O4S. The van der Waals surface area contributed by atoms with Gasteiger partial charge in [0, 0.05) is 43.7 Å². The number of amides is 1. The van der Waals surface area contributed by atoms with Crippen molar-refractivity contribution in [1.82, 2.24) is 14.1 Å². The Kier molecular flexibility index (Phi) is 10.5. The van der Waals surface area contributed by atoms with Gasteiger partial charge in [-0.05, 0) is 113 Å². The Bertz CT molecular complexity index is 1370. The van der Waals surface area contributed by atoms with Crippen LogP contribution in [-0.4, -0.2) is 80.3 Å². The Morgan fingerprint density at radius 3 is 2.35 bits per heavy atom. The van der Waals surface area contributed by atoms with Gasteiger partial charge in [-0.2, -0.15) is 4.31 Å². The monoisotopic (exact) mass is 633 g/mol. The number of rotatable bonds is 10. The number of carbonyl (C=O) groups is 1. The number of hydrogen-bond acceptors (Lipinski definition) is 5. The predicted octanol–water partition coefficient (Wildman–Crippen LogP) is 6.05. The number of carbonyl (C=O) groups excluding carboxylic acids is 1. The lowest BCUT2D eigenvalue weighted by Gasteiger charge is -2.42. The summed E-state index contributed by atoms with van der Waals surface area (Å²) in [5.74, 6) is -0.227. The van der Waals surface area contributed by atoms with E-state index < -0.39 is 15.6 Å². The summed E-state index contributed by atoms with van der Waals surface area (Å²) in [4.78, 5) is 18.0. The van der Waals surface area contributed by atoms with Gasteiger partial charge >= 0.3 is 0 Å². The maximum atomic E-state index is 13.8. The van der Waals surface area contributed by atoms with E-state index >= 15 is 0 Å². The van der Waals surface area contributed by atoms with Gasteiger partial charge in [0.05, 0.1) is 17.1 Å². The minimum Gasteiger partial charge on any atom is -0.369 e. The van der Waals surface area contributed by atoms with Crippen LogP contribution in [0.3, 0.4) is 0 Å². The Balaban J connectivity index is 1.21. The number of piperidine rings is 2. The third kappa shape index (κ3) is 7.44. The van der Waals surface area contributed by atoms with E-state index in [1.165, 1.54) is 25.0 Å². The van der Waals surface area contributed by atoms with Crippen LogP contribution in [-0.2, 0) is 25.2 Å². The third-order valence-corrected chi connectivity index (χ3v) is 12.1. The lowest BCUT2D eigenvalue weighted by atomic mass is 9.84. The van der Waals surface area contributed by atoms with E-state index in [0.717, 1.165) is 50.0 Å². The van der Waals surface area contributed by atoms with Crippen molar-refractivity contribution in [2.75, 3.05) is 45.9 Å². The Morgan fingerprint density at radius 1 is 0.977 bits per heavy atom. The zero-order valence-corrected chi connectivity index (χ0v) is 27.1. The molecule has 0 bridgehead atoms. The lowest BCUT2D eigenvalue weighted by molar-refractivity contribution is -0.140. The summed E-state index contributed by atoms with van der Waals surface area (Å²) in [5, 5.41) is 0.555. The minimum absolute atomic E-state index is 0.0474. The molecule has 3 aliphatic rings. The van der Waals surface area contributed by atoms with Crippen molar-refractivity contribution >= 4 is 27.5 Å². The molecule has 10 heteroatoms. The minimum atomic E-state index is -3.72. The Labute approximate surface area is 261 Å². The Hall–Kier alpha value is -2.04. The van der Waals surface area contributed by atoms with Gasteiger partial charge in [-0.1, -0.05) is 30.2 Å². The van der Waals surface area contributed by atoms with Gasteiger partial charge in [-0.25, -0.2) is 12.8 Å². The first kappa shape index (κ1) is 32.4. The molecule has 0 aromatic heterocycles. The highest BCUT2D eigenvalue weighted by molar-refractivity contribution is 7.89. The number of halogens is 2.